The van der Waals surface area contributed by atoms with Crippen LogP contribution in [0.2, 0.25) is 0 Å². The molecule has 1 heterocycles. The fraction of sp³-hybridized carbons (Fsp3) is 0.462. The minimum Gasteiger partial charge on any atom is -0.476 e. The Balaban J connectivity index is 2.66. The van der Waals surface area contributed by atoms with Gasteiger partial charge in [0.15, 0.2) is 5.76 Å². The Bertz CT molecular complexity index is 541. The zero-order valence-corrected chi connectivity index (χ0v) is 12.3. The SMILES string of the molecule is CON=C(C(=O)O)c1ccc(CNC(=O)OC(C)(C)C)o1. The second-order valence-electron chi connectivity index (χ2n) is 5.05. The number of nitrogens with zero attached hydrogens (tertiary/aromatic N) is 1. The molecule has 2 N–H and O–H groups in total. The molecule has 0 aromatic carbocycles. The van der Waals surface area contributed by atoms with Gasteiger partial charge in [-0.05, 0) is 32.9 Å². The number of hydrogen-bond acceptors (Lipinski definition) is 6. The van der Waals surface area contributed by atoms with Gasteiger partial charge in [-0.25, -0.2) is 9.59 Å². The average Bonchev–Trinajstić information content (AvgIpc) is 2.79. The Hall–Kier alpha value is -2.51. The van der Waals surface area contributed by atoms with Gasteiger partial charge in [-0.3, -0.25) is 0 Å². The van der Waals surface area contributed by atoms with E-state index in [1.807, 2.05) is 0 Å². The quantitative estimate of drug-likeness (QED) is 0.632. The molecule has 0 atom stereocenters. The highest BCUT2D eigenvalue weighted by atomic mass is 16.6. The molecule has 1 amide bonds. The lowest BCUT2D eigenvalue weighted by molar-refractivity contribution is -0.129. The van der Waals surface area contributed by atoms with Crippen LogP contribution in [0.4, 0.5) is 4.79 Å². The van der Waals surface area contributed by atoms with Gasteiger partial charge in [-0.2, -0.15) is 0 Å². The molecule has 0 saturated heterocycles. The number of carboxylic acid groups (broad SMARTS) is 1. The fourth-order valence-electron chi connectivity index (χ4n) is 1.35. The lowest BCUT2D eigenvalue weighted by Gasteiger charge is -2.19. The van der Waals surface area contributed by atoms with E-state index >= 15 is 0 Å². The molecule has 1 aromatic heterocycles. The first kappa shape index (κ1) is 16.5. The van der Waals surface area contributed by atoms with E-state index in [0.717, 1.165) is 0 Å². The van der Waals surface area contributed by atoms with Crippen molar-refractivity contribution in [2.24, 2.45) is 5.16 Å². The van der Waals surface area contributed by atoms with E-state index in [1.165, 1.54) is 19.2 Å². The maximum atomic E-state index is 11.5. The van der Waals surface area contributed by atoms with Gasteiger partial charge in [0, 0.05) is 0 Å². The van der Waals surface area contributed by atoms with Crippen LogP contribution in [0.15, 0.2) is 21.7 Å². The van der Waals surface area contributed by atoms with Crippen molar-refractivity contribution in [1.82, 2.24) is 5.32 Å². The highest BCUT2D eigenvalue weighted by Gasteiger charge is 2.19. The molecule has 0 fully saturated rings. The van der Waals surface area contributed by atoms with Crippen molar-refractivity contribution < 1.29 is 28.7 Å². The number of rotatable bonds is 5. The standard InChI is InChI=1S/C13H18N2O6/c1-13(2,3)21-12(18)14-7-8-5-6-9(20-8)10(11(16)17)15-19-4/h5-6H,7H2,1-4H3,(H,14,18)(H,16,17). The normalized spacial score (nSPS) is 11.9. The summed E-state index contributed by atoms with van der Waals surface area (Å²) in [6.07, 6.45) is -0.593. The van der Waals surface area contributed by atoms with Crippen LogP contribution in [-0.2, 0) is 20.9 Å². The number of nitrogens with one attached hydrogen (secondary N) is 1. The van der Waals surface area contributed by atoms with E-state index in [9.17, 15) is 9.59 Å². The molecule has 0 spiro atoms. The summed E-state index contributed by atoms with van der Waals surface area (Å²) in [5, 5.41) is 14.8. The second-order valence-corrected chi connectivity index (χ2v) is 5.05. The van der Waals surface area contributed by atoms with Crippen molar-refractivity contribution in [2.45, 2.75) is 32.9 Å². The molecule has 21 heavy (non-hydrogen) atoms. The third kappa shape index (κ3) is 5.55. The predicted molar refractivity (Wildman–Crippen MR) is 73.0 cm³/mol. The average molecular weight is 298 g/mol. The predicted octanol–water partition coefficient (Wildman–Crippen LogP) is 1.74. The van der Waals surface area contributed by atoms with Crippen LogP contribution in [0.1, 0.15) is 32.3 Å². The highest BCUT2D eigenvalue weighted by molar-refractivity contribution is 6.41. The summed E-state index contributed by atoms with van der Waals surface area (Å²) >= 11 is 0. The Morgan fingerprint density at radius 3 is 2.57 bits per heavy atom. The lowest BCUT2D eigenvalue weighted by atomic mass is 10.2. The molecular weight excluding hydrogens is 280 g/mol. The maximum absolute atomic E-state index is 11.5. The first-order chi connectivity index (χ1) is 9.73. The molecule has 0 aliphatic rings. The Morgan fingerprint density at radius 1 is 1.38 bits per heavy atom. The van der Waals surface area contributed by atoms with Crippen molar-refractivity contribution in [2.75, 3.05) is 7.11 Å². The van der Waals surface area contributed by atoms with Crippen molar-refractivity contribution in [3.05, 3.63) is 23.7 Å². The summed E-state index contributed by atoms with van der Waals surface area (Å²) in [5.74, 6) is -0.885. The highest BCUT2D eigenvalue weighted by Crippen LogP contribution is 2.11. The van der Waals surface area contributed by atoms with Gasteiger partial charge in [0.1, 0.15) is 18.5 Å². The van der Waals surface area contributed by atoms with Gasteiger partial charge in [0.25, 0.3) is 0 Å². The number of carbonyl (C=O) groups is 2. The van der Waals surface area contributed by atoms with Crippen LogP contribution in [0.5, 0.6) is 0 Å². The molecule has 8 heteroatoms. The number of furan rings is 1. The third-order valence-electron chi connectivity index (χ3n) is 2.09. The molecule has 8 nitrogen and oxygen atoms in total. The molecular formula is C13H18N2O6. The first-order valence-electron chi connectivity index (χ1n) is 6.13. The number of aliphatic carboxylic acids is 1. The van der Waals surface area contributed by atoms with E-state index in [0.29, 0.717) is 5.76 Å². The van der Waals surface area contributed by atoms with Crippen molar-refractivity contribution in [1.29, 1.82) is 0 Å². The van der Waals surface area contributed by atoms with Crippen molar-refractivity contribution in [3.63, 3.8) is 0 Å². The zero-order valence-electron chi connectivity index (χ0n) is 12.3. The molecule has 116 valence electrons. The summed E-state index contributed by atoms with van der Waals surface area (Å²) in [4.78, 5) is 26.9. The molecule has 1 aromatic rings. The number of hydrogen-bond donors (Lipinski definition) is 2. The van der Waals surface area contributed by atoms with Crippen LogP contribution >= 0.6 is 0 Å². The molecule has 0 radical (unpaired) electrons. The van der Waals surface area contributed by atoms with Crippen LogP contribution in [0.25, 0.3) is 0 Å². The van der Waals surface area contributed by atoms with Crippen molar-refractivity contribution in [3.8, 4) is 0 Å². The number of amides is 1. The van der Waals surface area contributed by atoms with Crippen LogP contribution in [0.3, 0.4) is 0 Å². The molecule has 0 bridgehead atoms. The fourth-order valence-corrected chi connectivity index (χ4v) is 1.35. The maximum Gasteiger partial charge on any atom is 0.408 e. The molecule has 1 rings (SSSR count). The number of ether oxygens (including phenoxy) is 1. The molecule has 0 aliphatic carbocycles. The Labute approximate surface area is 121 Å². The second kappa shape index (κ2) is 6.78. The Morgan fingerprint density at radius 2 is 2.05 bits per heavy atom. The van der Waals surface area contributed by atoms with E-state index in [-0.39, 0.29) is 18.0 Å². The largest absolute Gasteiger partial charge is 0.476 e. The van der Waals surface area contributed by atoms with Crippen LogP contribution < -0.4 is 5.32 Å². The number of carboxylic acids is 1. The smallest absolute Gasteiger partial charge is 0.408 e. The van der Waals surface area contributed by atoms with Crippen molar-refractivity contribution >= 4 is 17.8 Å². The van der Waals surface area contributed by atoms with Gasteiger partial charge in [-0.1, -0.05) is 5.16 Å². The van der Waals surface area contributed by atoms with E-state index in [4.69, 9.17) is 14.3 Å². The van der Waals surface area contributed by atoms with E-state index < -0.39 is 17.7 Å². The topological polar surface area (TPSA) is 110 Å². The van der Waals surface area contributed by atoms with Gasteiger partial charge < -0.3 is 24.4 Å². The molecule has 0 aliphatic heterocycles. The molecule has 0 unspecified atom stereocenters. The minimum absolute atomic E-state index is 0.0327. The van der Waals surface area contributed by atoms with Gasteiger partial charge >= 0.3 is 12.1 Å². The summed E-state index contributed by atoms with van der Waals surface area (Å²) in [6.45, 7) is 5.31. The van der Waals surface area contributed by atoms with Gasteiger partial charge in [0.2, 0.25) is 5.71 Å². The molecule has 0 saturated carbocycles. The van der Waals surface area contributed by atoms with Crippen LogP contribution in [0, 0.1) is 0 Å². The lowest BCUT2D eigenvalue weighted by Crippen LogP contribution is -2.32. The van der Waals surface area contributed by atoms with E-state index in [2.05, 4.69) is 15.3 Å². The number of carbonyl (C=O) groups excluding carboxylic acids is 1. The van der Waals surface area contributed by atoms with Crippen LogP contribution in [-0.4, -0.2) is 35.6 Å². The summed E-state index contributed by atoms with van der Waals surface area (Å²) < 4.78 is 10.3. The summed E-state index contributed by atoms with van der Waals surface area (Å²) in [7, 11) is 1.23. The third-order valence-corrected chi connectivity index (χ3v) is 2.09. The van der Waals surface area contributed by atoms with E-state index in [1.54, 1.807) is 20.8 Å². The first-order valence-corrected chi connectivity index (χ1v) is 6.13. The zero-order chi connectivity index (χ0) is 16.0. The minimum atomic E-state index is -1.28. The summed E-state index contributed by atoms with van der Waals surface area (Å²) in [5.41, 5.74) is -0.957. The summed E-state index contributed by atoms with van der Waals surface area (Å²) in [6, 6.07) is 2.96. The van der Waals surface area contributed by atoms with Gasteiger partial charge in [-0.15, -0.1) is 0 Å². The monoisotopic (exact) mass is 298 g/mol. The van der Waals surface area contributed by atoms with Gasteiger partial charge in [0.05, 0.1) is 6.54 Å². The Kier molecular flexibility index (Phi) is 5.34. The number of alkyl carbamates (subject to hydrolysis) is 1. The number of oxime groups is 1.